The lowest BCUT2D eigenvalue weighted by atomic mass is 10.1. The van der Waals surface area contributed by atoms with Crippen LogP contribution in [0.1, 0.15) is 40.0 Å². The Balaban J connectivity index is 1.77. The van der Waals surface area contributed by atoms with E-state index in [1.807, 2.05) is 24.6 Å². The molecule has 0 spiro atoms. The standard InChI is InChI=1S/C24H27N5O3S/c1-14(2)29-22-19(13-26-29)18(12-21(27-22)17-11-15(3)33-16(17)4)23(30)28-20-7-6-8-25-24(20)32-10-9-31-5/h6-8,11-14H,9-10H2,1-5H3,(H,28,30). The van der Waals surface area contributed by atoms with Gasteiger partial charge in [-0.3, -0.25) is 4.79 Å². The summed E-state index contributed by atoms with van der Waals surface area (Å²) in [5.74, 6) is 0.0664. The van der Waals surface area contributed by atoms with Crippen LogP contribution in [0, 0.1) is 13.8 Å². The van der Waals surface area contributed by atoms with Crippen molar-refractivity contribution in [2.45, 2.75) is 33.7 Å². The van der Waals surface area contributed by atoms with Gasteiger partial charge in [-0.1, -0.05) is 0 Å². The first-order valence-electron chi connectivity index (χ1n) is 10.7. The molecule has 33 heavy (non-hydrogen) atoms. The van der Waals surface area contributed by atoms with E-state index in [0.29, 0.717) is 41.4 Å². The second kappa shape index (κ2) is 9.68. The second-order valence-corrected chi connectivity index (χ2v) is 9.41. The van der Waals surface area contributed by atoms with Crippen molar-refractivity contribution in [1.82, 2.24) is 19.7 Å². The maximum absolute atomic E-state index is 13.5. The van der Waals surface area contributed by atoms with E-state index in [2.05, 4.69) is 35.3 Å². The van der Waals surface area contributed by atoms with Crippen molar-refractivity contribution in [3.05, 3.63) is 52.0 Å². The van der Waals surface area contributed by atoms with Crippen molar-refractivity contribution in [2.24, 2.45) is 0 Å². The van der Waals surface area contributed by atoms with Gasteiger partial charge in [0.15, 0.2) is 5.65 Å². The van der Waals surface area contributed by atoms with Crippen molar-refractivity contribution >= 4 is 34.0 Å². The number of carbonyl (C=O) groups excluding carboxylic acids is 1. The fourth-order valence-electron chi connectivity index (χ4n) is 3.62. The van der Waals surface area contributed by atoms with Crippen LogP contribution in [0.5, 0.6) is 5.88 Å². The fraction of sp³-hybridized carbons (Fsp3) is 0.333. The molecule has 0 saturated carbocycles. The third kappa shape index (κ3) is 4.74. The third-order valence-electron chi connectivity index (χ3n) is 5.16. The predicted molar refractivity (Wildman–Crippen MR) is 130 cm³/mol. The predicted octanol–water partition coefficient (Wildman–Crippen LogP) is 5.03. The summed E-state index contributed by atoms with van der Waals surface area (Å²) < 4.78 is 12.5. The highest BCUT2D eigenvalue weighted by Gasteiger charge is 2.21. The minimum Gasteiger partial charge on any atom is -0.474 e. The highest BCUT2D eigenvalue weighted by atomic mass is 32.1. The van der Waals surface area contributed by atoms with Crippen molar-refractivity contribution in [1.29, 1.82) is 0 Å². The number of amides is 1. The molecular weight excluding hydrogens is 438 g/mol. The van der Waals surface area contributed by atoms with Gasteiger partial charge in [-0.2, -0.15) is 5.10 Å². The van der Waals surface area contributed by atoms with E-state index >= 15 is 0 Å². The van der Waals surface area contributed by atoms with Crippen LogP contribution in [0.4, 0.5) is 5.69 Å². The topological polar surface area (TPSA) is 91.2 Å². The number of hydrogen-bond donors (Lipinski definition) is 1. The van der Waals surface area contributed by atoms with Crippen molar-refractivity contribution < 1.29 is 14.3 Å². The molecule has 4 aromatic heterocycles. The number of nitrogens with one attached hydrogen (secondary N) is 1. The summed E-state index contributed by atoms with van der Waals surface area (Å²) in [6, 6.07) is 7.55. The van der Waals surface area contributed by atoms with Crippen LogP contribution in [-0.2, 0) is 4.74 Å². The molecule has 1 amide bonds. The number of hydrogen-bond acceptors (Lipinski definition) is 7. The number of thiophene rings is 1. The molecule has 0 radical (unpaired) electrons. The van der Waals surface area contributed by atoms with Crippen molar-refractivity contribution in [3.63, 3.8) is 0 Å². The molecule has 0 bridgehead atoms. The molecule has 172 valence electrons. The minimum atomic E-state index is -0.277. The van der Waals surface area contributed by atoms with Gasteiger partial charge in [0.2, 0.25) is 5.88 Å². The fourth-order valence-corrected chi connectivity index (χ4v) is 4.55. The molecule has 0 atom stereocenters. The number of anilines is 1. The lowest BCUT2D eigenvalue weighted by Crippen LogP contribution is -2.15. The highest BCUT2D eigenvalue weighted by Crippen LogP contribution is 2.33. The van der Waals surface area contributed by atoms with Gasteiger partial charge >= 0.3 is 0 Å². The summed E-state index contributed by atoms with van der Waals surface area (Å²) in [5.41, 5.74) is 3.44. The average molecular weight is 466 g/mol. The zero-order valence-corrected chi connectivity index (χ0v) is 20.2. The van der Waals surface area contributed by atoms with Gasteiger partial charge in [0.1, 0.15) is 12.3 Å². The van der Waals surface area contributed by atoms with Gasteiger partial charge < -0.3 is 14.8 Å². The van der Waals surface area contributed by atoms with Gasteiger partial charge in [0.25, 0.3) is 5.91 Å². The molecule has 0 saturated heterocycles. The van der Waals surface area contributed by atoms with Gasteiger partial charge in [-0.05, 0) is 52.0 Å². The van der Waals surface area contributed by atoms with E-state index in [1.54, 1.807) is 43.0 Å². The first kappa shape index (κ1) is 22.9. The number of ether oxygens (including phenoxy) is 2. The van der Waals surface area contributed by atoms with Crippen LogP contribution in [0.15, 0.2) is 36.7 Å². The van der Waals surface area contributed by atoms with Crippen LogP contribution < -0.4 is 10.1 Å². The molecule has 4 aromatic rings. The van der Waals surface area contributed by atoms with Crippen LogP contribution >= 0.6 is 11.3 Å². The normalized spacial score (nSPS) is 11.3. The Morgan fingerprint density at radius 2 is 2.06 bits per heavy atom. The van der Waals surface area contributed by atoms with E-state index in [1.165, 1.54) is 4.88 Å². The number of rotatable bonds is 8. The molecule has 9 heteroatoms. The summed E-state index contributed by atoms with van der Waals surface area (Å²) in [6.07, 6.45) is 3.32. The number of aromatic nitrogens is 4. The van der Waals surface area contributed by atoms with Crippen molar-refractivity contribution in [2.75, 3.05) is 25.6 Å². The largest absolute Gasteiger partial charge is 0.474 e. The average Bonchev–Trinajstić information content (AvgIpc) is 3.36. The first-order valence-corrected chi connectivity index (χ1v) is 11.5. The van der Waals surface area contributed by atoms with Gasteiger partial charge in [-0.25, -0.2) is 14.6 Å². The maximum Gasteiger partial charge on any atom is 0.256 e. The van der Waals surface area contributed by atoms with Gasteiger partial charge in [0.05, 0.1) is 29.4 Å². The van der Waals surface area contributed by atoms with Gasteiger partial charge in [-0.15, -0.1) is 11.3 Å². The highest BCUT2D eigenvalue weighted by molar-refractivity contribution is 7.12. The molecular formula is C24H27N5O3S. The smallest absolute Gasteiger partial charge is 0.256 e. The Hall–Kier alpha value is -3.30. The van der Waals surface area contributed by atoms with Crippen LogP contribution in [-0.4, -0.2) is 46.0 Å². The SMILES string of the molecule is COCCOc1ncccc1NC(=O)c1cc(-c2cc(C)sc2C)nc2c1cnn2C(C)C. The molecule has 1 N–H and O–H groups in total. The van der Waals surface area contributed by atoms with E-state index in [4.69, 9.17) is 14.5 Å². The Morgan fingerprint density at radius 1 is 1.24 bits per heavy atom. The lowest BCUT2D eigenvalue weighted by molar-refractivity contribution is 0.102. The summed E-state index contributed by atoms with van der Waals surface area (Å²) >= 11 is 1.71. The Bertz CT molecular complexity index is 1290. The number of nitrogens with zero attached hydrogens (tertiary/aromatic N) is 4. The van der Waals surface area contributed by atoms with Crippen molar-refractivity contribution in [3.8, 4) is 17.1 Å². The number of methoxy groups -OCH3 is 1. The summed E-state index contributed by atoms with van der Waals surface area (Å²) in [5, 5.41) is 8.15. The van der Waals surface area contributed by atoms with Crippen LogP contribution in [0.25, 0.3) is 22.3 Å². The van der Waals surface area contributed by atoms with E-state index < -0.39 is 0 Å². The molecule has 4 heterocycles. The minimum absolute atomic E-state index is 0.102. The number of fused-ring (bicyclic) bond motifs is 1. The molecule has 0 aliphatic rings. The Labute approximate surface area is 196 Å². The molecule has 0 aromatic carbocycles. The maximum atomic E-state index is 13.5. The monoisotopic (exact) mass is 465 g/mol. The van der Waals surface area contributed by atoms with E-state index in [9.17, 15) is 4.79 Å². The molecule has 8 nitrogen and oxygen atoms in total. The van der Waals surface area contributed by atoms with E-state index in [-0.39, 0.29) is 11.9 Å². The summed E-state index contributed by atoms with van der Waals surface area (Å²) in [4.78, 5) is 25.0. The summed E-state index contributed by atoms with van der Waals surface area (Å²) in [7, 11) is 1.60. The number of pyridine rings is 2. The quantitative estimate of drug-likeness (QED) is 0.367. The zero-order chi connectivity index (χ0) is 23.5. The van der Waals surface area contributed by atoms with Crippen LogP contribution in [0.3, 0.4) is 0 Å². The van der Waals surface area contributed by atoms with Gasteiger partial charge in [0, 0.05) is 34.7 Å². The third-order valence-corrected chi connectivity index (χ3v) is 6.13. The summed E-state index contributed by atoms with van der Waals surface area (Å²) in [6.45, 7) is 8.97. The second-order valence-electron chi connectivity index (χ2n) is 7.95. The molecule has 0 aliphatic carbocycles. The lowest BCUT2D eigenvalue weighted by Gasteiger charge is -2.13. The Kier molecular flexibility index (Phi) is 6.71. The van der Waals surface area contributed by atoms with Crippen LogP contribution in [0.2, 0.25) is 0 Å². The van der Waals surface area contributed by atoms with E-state index in [0.717, 1.165) is 16.1 Å². The number of aryl methyl sites for hydroxylation is 2. The molecule has 0 unspecified atom stereocenters. The zero-order valence-electron chi connectivity index (χ0n) is 19.4. The molecule has 0 aliphatic heterocycles. The molecule has 0 fully saturated rings. The molecule has 4 rings (SSSR count). The first-order chi connectivity index (χ1) is 15.9. The Morgan fingerprint density at radius 3 is 2.76 bits per heavy atom. The number of carbonyl (C=O) groups is 1.